The van der Waals surface area contributed by atoms with Crippen molar-refractivity contribution in [2.45, 2.75) is 40.3 Å². The van der Waals surface area contributed by atoms with Crippen LogP contribution in [0, 0.1) is 12.8 Å². The highest BCUT2D eigenvalue weighted by atomic mass is 15.3. The van der Waals surface area contributed by atoms with E-state index in [0.29, 0.717) is 5.92 Å². The van der Waals surface area contributed by atoms with E-state index in [-0.39, 0.29) is 0 Å². The van der Waals surface area contributed by atoms with Gasteiger partial charge in [-0.05, 0) is 25.3 Å². The van der Waals surface area contributed by atoms with Crippen LogP contribution in [0.2, 0.25) is 0 Å². The largest absolute Gasteiger partial charge is 0.355 e. The fourth-order valence-corrected chi connectivity index (χ4v) is 1.99. The lowest BCUT2D eigenvalue weighted by Gasteiger charge is -2.11. The van der Waals surface area contributed by atoms with Crippen LogP contribution in [0.25, 0.3) is 0 Å². The van der Waals surface area contributed by atoms with E-state index in [9.17, 15) is 0 Å². The predicted octanol–water partition coefficient (Wildman–Crippen LogP) is 2.55. The summed E-state index contributed by atoms with van der Waals surface area (Å²) < 4.78 is 4.16. The second-order valence-corrected chi connectivity index (χ2v) is 5.30. The van der Waals surface area contributed by atoms with Crippen molar-refractivity contribution in [2.75, 3.05) is 11.9 Å². The molecule has 0 aliphatic carbocycles. The Kier molecular flexibility index (Phi) is 4.60. The molecular formula is C14H23N5. The van der Waals surface area contributed by atoms with Gasteiger partial charge in [-0.2, -0.15) is 5.10 Å². The van der Waals surface area contributed by atoms with Crippen molar-refractivity contribution >= 4 is 5.95 Å². The fraction of sp³-hybridized carbons (Fsp3) is 0.571. The summed E-state index contributed by atoms with van der Waals surface area (Å²) in [5.41, 5.74) is 1.06. The summed E-state index contributed by atoms with van der Waals surface area (Å²) in [4.78, 5) is 4.53. The van der Waals surface area contributed by atoms with Gasteiger partial charge in [-0.15, -0.1) is 0 Å². The molecule has 0 saturated carbocycles. The lowest BCUT2D eigenvalue weighted by molar-refractivity contribution is 0.527. The molecule has 0 unspecified atom stereocenters. The minimum Gasteiger partial charge on any atom is -0.355 e. The van der Waals surface area contributed by atoms with Crippen LogP contribution in [0.5, 0.6) is 0 Å². The normalized spacial score (nSPS) is 11.2. The zero-order chi connectivity index (χ0) is 13.7. The van der Waals surface area contributed by atoms with Crippen LogP contribution >= 0.6 is 0 Å². The number of nitrogens with zero attached hydrogens (tertiary/aromatic N) is 4. The molecule has 0 bridgehead atoms. The molecule has 0 aromatic carbocycles. The molecule has 2 heterocycles. The third-order valence-corrected chi connectivity index (χ3v) is 2.91. The summed E-state index contributed by atoms with van der Waals surface area (Å²) in [6, 6.07) is 1.96. The van der Waals surface area contributed by atoms with Crippen molar-refractivity contribution in [2.24, 2.45) is 5.92 Å². The Hall–Kier alpha value is -1.78. The smallest absolute Gasteiger partial charge is 0.203 e. The zero-order valence-corrected chi connectivity index (χ0v) is 12.0. The Balaban J connectivity index is 1.88. The number of nitrogens with one attached hydrogen (secondary N) is 1. The summed E-state index contributed by atoms with van der Waals surface area (Å²) in [5, 5.41) is 7.62. The third-order valence-electron chi connectivity index (χ3n) is 2.91. The predicted molar refractivity (Wildman–Crippen MR) is 77.1 cm³/mol. The summed E-state index contributed by atoms with van der Waals surface area (Å²) in [7, 11) is 0. The summed E-state index contributed by atoms with van der Waals surface area (Å²) in [5.74, 6) is 1.60. The number of aromatic nitrogens is 4. The molecule has 2 rings (SSSR count). The SMILES string of the molecule is Cc1cn(CCCn2cccn2)c(NCC(C)C)n1. The third kappa shape index (κ3) is 4.12. The molecule has 2 aromatic rings. The van der Waals surface area contributed by atoms with Crippen LogP contribution in [0.4, 0.5) is 5.95 Å². The highest BCUT2D eigenvalue weighted by Gasteiger charge is 2.05. The lowest BCUT2D eigenvalue weighted by Crippen LogP contribution is -2.13. The number of aryl methyl sites for hydroxylation is 3. The maximum Gasteiger partial charge on any atom is 0.203 e. The summed E-state index contributed by atoms with van der Waals surface area (Å²) >= 11 is 0. The van der Waals surface area contributed by atoms with Gasteiger partial charge in [0.15, 0.2) is 0 Å². The number of hydrogen-bond donors (Lipinski definition) is 1. The van der Waals surface area contributed by atoms with Crippen molar-refractivity contribution in [1.82, 2.24) is 19.3 Å². The highest BCUT2D eigenvalue weighted by Crippen LogP contribution is 2.10. The average Bonchev–Trinajstić information content (AvgIpc) is 2.97. The monoisotopic (exact) mass is 261 g/mol. The number of anilines is 1. The van der Waals surface area contributed by atoms with E-state index in [1.54, 1.807) is 0 Å². The Morgan fingerprint density at radius 3 is 2.84 bits per heavy atom. The fourth-order valence-electron chi connectivity index (χ4n) is 1.99. The zero-order valence-electron chi connectivity index (χ0n) is 12.0. The van der Waals surface area contributed by atoms with Gasteiger partial charge in [0, 0.05) is 38.2 Å². The Bertz CT molecular complexity index is 484. The maximum absolute atomic E-state index is 4.53. The first-order valence-electron chi connectivity index (χ1n) is 6.90. The number of hydrogen-bond acceptors (Lipinski definition) is 3. The van der Waals surface area contributed by atoms with Gasteiger partial charge in [-0.25, -0.2) is 4.98 Å². The molecule has 1 N–H and O–H groups in total. The van der Waals surface area contributed by atoms with Crippen LogP contribution < -0.4 is 5.32 Å². The summed E-state index contributed by atoms with van der Waals surface area (Å²) in [6.45, 7) is 9.28. The second-order valence-electron chi connectivity index (χ2n) is 5.30. The van der Waals surface area contributed by atoms with Gasteiger partial charge in [0.05, 0.1) is 5.69 Å². The minimum absolute atomic E-state index is 0.620. The molecule has 104 valence electrons. The molecule has 0 amide bonds. The van der Waals surface area contributed by atoms with Gasteiger partial charge in [-0.1, -0.05) is 13.8 Å². The van der Waals surface area contributed by atoms with Crippen molar-refractivity contribution in [3.05, 3.63) is 30.4 Å². The minimum atomic E-state index is 0.620. The van der Waals surface area contributed by atoms with E-state index >= 15 is 0 Å². The molecule has 0 spiro atoms. The van der Waals surface area contributed by atoms with Gasteiger partial charge < -0.3 is 9.88 Å². The molecule has 0 atom stereocenters. The van der Waals surface area contributed by atoms with Gasteiger partial charge in [-0.3, -0.25) is 4.68 Å². The van der Waals surface area contributed by atoms with Gasteiger partial charge in [0.25, 0.3) is 0 Å². The maximum atomic E-state index is 4.53. The van der Waals surface area contributed by atoms with E-state index < -0.39 is 0 Å². The van der Waals surface area contributed by atoms with E-state index in [1.165, 1.54) is 0 Å². The molecule has 5 nitrogen and oxygen atoms in total. The molecular weight excluding hydrogens is 238 g/mol. The second kappa shape index (κ2) is 6.41. The van der Waals surface area contributed by atoms with Crippen LogP contribution in [-0.4, -0.2) is 25.9 Å². The molecule has 0 radical (unpaired) electrons. The lowest BCUT2D eigenvalue weighted by atomic mass is 10.2. The topological polar surface area (TPSA) is 47.7 Å². The Morgan fingerprint density at radius 2 is 2.16 bits per heavy atom. The van der Waals surface area contributed by atoms with Crippen molar-refractivity contribution in [1.29, 1.82) is 0 Å². The Labute approximate surface area is 114 Å². The van der Waals surface area contributed by atoms with Crippen molar-refractivity contribution in [3.63, 3.8) is 0 Å². The number of rotatable bonds is 7. The van der Waals surface area contributed by atoms with Gasteiger partial charge >= 0.3 is 0 Å². The molecule has 2 aromatic heterocycles. The first-order valence-corrected chi connectivity index (χ1v) is 6.90. The van der Waals surface area contributed by atoms with Crippen LogP contribution in [0.1, 0.15) is 26.0 Å². The molecule has 19 heavy (non-hydrogen) atoms. The molecule has 0 fully saturated rings. The number of imidazole rings is 1. The Morgan fingerprint density at radius 1 is 1.32 bits per heavy atom. The van der Waals surface area contributed by atoms with E-state index in [1.807, 2.05) is 30.1 Å². The van der Waals surface area contributed by atoms with E-state index in [4.69, 9.17) is 0 Å². The first kappa shape index (κ1) is 13.6. The van der Waals surface area contributed by atoms with E-state index in [0.717, 1.165) is 37.7 Å². The van der Waals surface area contributed by atoms with Crippen LogP contribution in [0.3, 0.4) is 0 Å². The molecule has 0 aliphatic heterocycles. The van der Waals surface area contributed by atoms with Crippen molar-refractivity contribution in [3.8, 4) is 0 Å². The average molecular weight is 261 g/mol. The highest BCUT2D eigenvalue weighted by molar-refractivity contribution is 5.28. The standard InChI is InChI=1S/C14H23N5/c1-12(2)10-15-14-17-13(3)11-18(14)7-5-9-19-8-4-6-16-19/h4,6,8,11-12H,5,7,9-10H2,1-3H3,(H,15,17). The van der Waals surface area contributed by atoms with Crippen LogP contribution in [0.15, 0.2) is 24.7 Å². The van der Waals surface area contributed by atoms with Gasteiger partial charge in [0.1, 0.15) is 0 Å². The molecule has 0 aliphatic rings. The van der Waals surface area contributed by atoms with E-state index in [2.05, 4.69) is 40.0 Å². The molecule has 0 saturated heterocycles. The first-order chi connectivity index (χ1) is 9.15. The molecule has 5 heteroatoms. The van der Waals surface area contributed by atoms with Gasteiger partial charge in [0.2, 0.25) is 5.95 Å². The summed E-state index contributed by atoms with van der Waals surface area (Å²) in [6.07, 6.45) is 6.97. The van der Waals surface area contributed by atoms with Crippen LogP contribution in [-0.2, 0) is 13.1 Å². The quantitative estimate of drug-likeness (QED) is 0.833. The van der Waals surface area contributed by atoms with Crippen molar-refractivity contribution < 1.29 is 0 Å².